The van der Waals surface area contributed by atoms with Crippen molar-refractivity contribution in [3.8, 4) is 5.75 Å². The molecule has 6 nitrogen and oxygen atoms in total. The van der Waals surface area contributed by atoms with Gasteiger partial charge in [-0.2, -0.15) is 0 Å². The Morgan fingerprint density at radius 2 is 1.63 bits per heavy atom. The van der Waals surface area contributed by atoms with Crippen molar-refractivity contribution in [3.05, 3.63) is 90.0 Å². The summed E-state index contributed by atoms with van der Waals surface area (Å²) in [5.41, 5.74) is 2.36. The Hall–Kier alpha value is -3.80. The minimum atomic E-state index is -1.10. The maximum atomic E-state index is 13.0. The standard InChI is InChI=1S/C24H24N2O4/c1-26(2)20-13-7-11-18(15-20)24(28)30-22(17-9-5-4-6-10-17)23(27)25-19-12-8-14-21(16-19)29-3/h4-16,22H,1-3H3,(H,25,27)/t22-/m0/s1. The second-order valence-electron chi connectivity index (χ2n) is 6.86. The maximum Gasteiger partial charge on any atom is 0.339 e. The van der Waals surface area contributed by atoms with E-state index in [1.165, 1.54) is 0 Å². The molecule has 154 valence electrons. The summed E-state index contributed by atoms with van der Waals surface area (Å²) < 4.78 is 10.8. The zero-order valence-electron chi connectivity index (χ0n) is 17.2. The lowest BCUT2D eigenvalue weighted by Gasteiger charge is -2.19. The average Bonchev–Trinajstić information content (AvgIpc) is 2.78. The third-order valence-corrected chi connectivity index (χ3v) is 4.50. The Labute approximate surface area is 176 Å². The number of carbonyl (C=O) groups is 2. The van der Waals surface area contributed by atoms with Gasteiger partial charge in [0.05, 0.1) is 12.7 Å². The Balaban J connectivity index is 1.85. The van der Waals surface area contributed by atoms with E-state index in [9.17, 15) is 9.59 Å². The van der Waals surface area contributed by atoms with Crippen molar-refractivity contribution in [2.75, 3.05) is 31.4 Å². The molecule has 0 aromatic heterocycles. The van der Waals surface area contributed by atoms with Crippen LogP contribution in [0.3, 0.4) is 0 Å². The van der Waals surface area contributed by atoms with E-state index in [2.05, 4.69) is 5.32 Å². The molecule has 0 radical (unpaired) electrons. The molecule has 1 atom stereocenters. The van der Waals surface area contributed by atoms with Crippen LogP contribution in [0.2, 0.25) is 0 Å². The molecule has 3 aromatic carbocycles. The molecule has 0 unspecified atom stereocenters. The molecule has 0 aliphatic rings. The molecule has 3 rings (SSSR count). The Morgan fingerprint density at radius 1 is 0.900 bits per heavy atom. The van der Waals surface area contributed by atoms with Crippen LogP contribution in [0.25, 0.3) is 0 Å². The Morgan fingerprint density at radius 3 is 2.33 bits per heavy atom. The van der Waals surface area contributed by atoms with Gasteiger partial charge in [-0.15, -0.1) is 0 Å². The summed E-state index contributed by atoms with van der Waals surface area (Å²) in [6.45, 7) is 0. The summed E-state index contributed by atoms with van der Waals surface area (Å²) in [7, 11) is 5.33. The van der Waals surface area contributed by atoms with Crippen molar-refractivity contribution in [2.24, 2.45) is 0 Å². The number of ether oxygens (including phenoxy) is 2. The minimum Gasteiger partial charge on any atom is -0.497 e. The number of hydrogen-bond acceptors (Lipinski definition) is 5. The summed E-state index contributed by atoms with van der Waals surface area (Å²) >= 11 is 0. The quantitative estimate of drug-likeness (QED) is 0.595. The van der Waals surface area contributed by atoms with Crippen molar-refractivity contribution in [2.45, 2.75) is 6.10 Å². The van der Waals surface area contributed by atoms with Gasteiger partial charge < -0.3 is 19.7 Å². The normalized spacial score (nSPS) is 11.3. The fourth-order valence-electron chi connectivity index (χ4n) is 2.90. The van der Waals surface area contributed by atoms with Gasteiger partial charge in [-0.05, 0) is 30.3 Å². The lowest BCUT2D eigenvalue weighted by Crippen LogP contribution is -2.26. The number of amides is 1. The zero-order chi connectivity index (χ0) is 21.5. The number of methoxy groups -OCH3 is 1. The highest BCUT2D eigenvalue weighted by Gasteiger charge is 2.26. The smallest absolute Gasteiger partial charge is 0.339 e. The zero-order valence-corrected chi connectivity index (χ0v) is 17.2. The SMILES string of the molecule is COc1cccc(NC(=O)[C@@H](OC(=O)c2cccc(N(C)C)c2)c2ccccc2)c1. The lowest BCUT2D eigenvalue weighted by molar-refractivity contribution is -0.125. The third kappa shape index (κ3) is 5.17. The van der Waals surface area contributed by atoms with E-state index in [0.717, 1.165) is 5.69 Å². The second-order valence-corrected chi connectivity index (χ2v) is 6.86. The first kappa shape index (κ1) is 20.9. The van der Waals surface area contributed by atoms with Gasteiger partial charge in [0.15, 0.2) is 0 Å². The van der Waals surface area contributed by atoms with Crippen LogP contribution in [0.1, 0.15) is 22.0 Å². The first-order chi connectivity index (χ1) is 14.5. The van der Waals surface area contributed by atoms with Crippen LogP contribution in [0.4, 0.5) is 11.4 Å². The topological polar surface area (TPSA) is 67.9 Å². The van der Waals surface area contributed by atoms with Gasteiger partial charge >= 0.3 is 5.97 Å². The first-order valence-electron chi connectivity index (χ1n) is 9.46. The number of rotatable bonds is 7. The summed E-state index contributed by atoms with van der Waals surface area (Å²) in [6.07, 6.45) is -1.10. The van der Waals surface area contributed by atoms with Crippen molar-refractivity contribution in [1.29, 1.82) is 0 Å². The van der Waals surface area contributed by atoms with Gasteiger partial charge in [0, 0.05) is 37.1 Å². The summed E-state index contributed by atoms with van der Waals surface area (Å²) in [5, 5.41) is 2.80. The molecule has 1 N–H and O–H groups in total. The molecule has 30 heavy (non-hydrogen) atoms. The summed E-state index contributed by atoms with van der Waals surface area (Å²) in [5.74, 6) is -0.415. The predicted octanol–water partition coefficient (Wildman–Crippen LogP) is 4.30. The van der Waals surface area contributed by atoms with Gasteiger partial charge in [0.1, 0.15) is 5.75 Å². The third-order valence-electron chi connectivity index (χ3n) is 4.50. The van der Waals surface area contributed by atoms with E-state index in [4.69, 9.17) is 9.47 Å². The maximum absolute atomic E-state index is 13.0. The molecule has 0 saturated carbocycles. The molecule has 3 aromatic rings. The van der Waals surface area contributed by atoms with Crippen LogP contribution in [0.5, 0.6) is 5.75 Å². The lowest BCUT2D eigenvalue weighted by atomic mass is 10.1. The Bertz CT molecular complexity index is 1020. The molecule has 0 bridgehead atoms. The molecular formula is C24H24N2O4. The van der Waals surface area contributed by atoms with E-state index in [0.29, 0.717) is 22.6 Å². The van der Waals surface area contributed by atoms with Crippen molar-refractivity contribution >= 4 is 23.3 Å². The molecule has 0 heterocycles. The van der Waals surface area contributed by atoms with Gasteiger partial charge in [-0.3, -0.25) is 4.79 Å². The van der Waals surface area contributed by atoms with E-state index >= 15 is 0 Å². The number of carbonyl (C=O) groups excluding carboxylic acids is 2. The highest BCUT2D eigenvalue weighted by molar-refractivity contribution is 5.98. The molecule has 0 aliphatic heterocycles. The highest BCUT2D eigenvalue weighted by Crippen LogP contribution is 2.24. The molecule has 0 fully saturated rings. The minimum absolute atomic E-state index is 0.372. The second kappa shape index (κ2) is 9.60. The Kier molecular flexibility index (Phi) is 6.70. The fraction of sp³-hybridized carbons (Fsp3) is 0.167. The monoisotopic (exact) mass is 404 g/mol. The van der Waals surface area contributed by atoms with Gasteiger partial charge in [0.25, 0.3) is 5.91 Å². The van der Waals surface area contributed by atoms with Crippen LogP contribution in [-0.4, -0.2) is 33.1 Å². The number of nitrogens with zero attached hydrogens (tertiary/aromatic N) is 1. The fourth-order valence-corrected chi connectivity index (χ4v) is 2.90. The molecular weight excluding hydrogens is 380 g/mol. The van der Waals surface area contributed by atoms with Crippen LogP contribution in [0, 0.1) is 0 Å². The number of nitrogens with one attached hydrogen (secondary N) is 1. The largest absolute Gasteiger partial charge is 0.497 e. The van der Waals surface area contributed by atoms with Crippen molar-refractivity contribution in [1.82, 2.24) is 0 Å². The number of hydrogen-bond donors (Lipinski definition) is 1. The number of esters is 1. The molecule has 1 amide bonds. The van der Waals surface area contributed by atoms with E-state index in [1.54, 1.807) is 73.8 Å². The van der Waals surface area contributed by atoms with E-state index in [-0.39, 0.29) is 0 Å². The van der Waals surface area contributed by atoms with Crippen molar-refractivity contribution in [3.63, 3.8) is 0 Å². The van der Waals surface area contributed by atoms with Crippen molar-refractivity contribution < 1.29 is 19.1 Å². The first-order valence-corrected chi connectivity index (χ1v) is 9.46. The van der Waals surface area contributed by atoms with Crippen LogP contribution < -0.4 is 15.0 Å². The summed E-state index contributed by atoms with van der Waals surface area (Å²) in [6, 6.07) is 23.0. The van der Waals surface area contributed by atoms with Gasteiger partial charge in [-0.1, -0.05) is 42.5 Å². The van der Waals surface area contributed by atoms with Gasteiger partial charge in [-0.25, -0.2) is 4.79 Å². The van der Waals surface area contributed by atoms with Crippen LogP contribution in [-0.2, 0) is 9.53 Å². The predicted molar refractivity (Wildman–Crippen MR) is 117 cm³/mol. The van der Waals surface area contributed by atoms with Crippen LogP contribution >= 0.6 is 0 Å². The molecule has 0 spiro atoms. The van der Waals surface area contributed by atoms with E-state index < -0.39 is 18.0 Å². The van der Waals surface area contributed by atoms with Gasteiger partial charge in [0.2, 0.25) is 6.10 Å². The average molecular weight is 404 g/mol. The molecule has 6 heteroatoms. The number of anilines is 2. The van der Waals surface area contributed by atoms with E-state index in [1.807, 2.05) is 31.1 Å². The molecule has 0 aliphatic carbocycles. The highest BCUT2D eigenvalue weighted by atomic mass is 16.5. The number of benzene rings is 3. The molecule has 0 saturated heterocycles. The summed E-state index contributed by atoms with van der Waals surface area (Å²) in [4.78, 5) is 27.7. The van der Waals surface area contributed by atoms with Crippen LogP contribution in [0.15, 0.2) is 78.9 Å².